The van der Waals surface area contributed by atoms with E-state index in [-0.39, 0.29) is 17.7 Å². The molecular weight excluding hydrogens is 430 g/mol. The van der Waals surface area contributed by atoms with Crippen LogP contribution < -0.4 is 4.74 Å². The zero-order chi connectivity index (χ0) is 22.6. The van der Waals surface area contributed by atoms with Gasteiger partial charge in [0.2, 0.25) is 0 Å². The molecule has 0 aromatic heterocycles. The lowest BCUT2D eigenvalue weighted by molar-refractivity contribution is -0.123. The molecular formula is C28H21NO3S. The molecule has 1 aliphatic rings. The molecule has 0 saturated carbocycles. The number of carbonyl (C=O) groups excluding carboxylic acids is 2. The Labute approximate surface area is 196 Å². The van der Waals surface area contributed by atoms with Gasteiger partial charge >= 0.3 is 0 Å². The normalized spacial score (nSPS) is 14.9. The van der Waals surface area contributed by atoms with Crippen LogP contribution in [0.5, 0.6) is 5.75 Å². The van der Waals surface area contributed by atoms with E-state index < -0.39 is 0 Å². The number of amides is 2. The first kappa shape index (κ1) is 21.0. The van der Waals surface area contributed by atoms with E-state index in [1.165, 1.54) is 4.90 Å². The van der Waals surface area contributed by atoms with Gasteiger partial charge in [0.1, 0.15) is 12.4 Å². The van der Waals surface area contributed by atoms with Crippen LogP contribution >= 0.6 is 11.8 Å². The summed E-state index contributed by atoms with van der Waals surface area (Å²) in [6, 6.07) is 31.4. The van der Waals surface area contributed by atoms with Gasteiger partial charge in [-0.25, -0.2) is 0 Å². The molecule has 0 N–H and O–H groups in total. The summed E-state index contributed by atoms with van der Waals surface area (Å²) in [6.07, 6.45) is 1.74. The number of thioether (sulfide) groups is 1. The molecule has 5 rings (SSSR count). The molecule has 4 aromatic carbocycles. The predicted molar refractivity (Wildman–Crippen MR) is 133 cm³/mol. The van der Waals surface area contributed by atoms with Crippen LogP contribution in [0, 0.1) is 0 Å². The van der Waals surface area contributed by atoms with Gasteiger partial charge in [-0.05, 0) is 45.8 Å². The maximum Gasteiger partial charge on any atom is 0.293 e. The second-order valence-electron chi connectivity index (χ2n) is 7.72. The molecule has 0 spiro atoms. The second-order valence-corrected chi connectivity index (χ2v) is 8.71. The number of hydrogen-bond donors (Lipinski definition) is 0. The minimum Gasteiger partial charge on any atom is -0.488 e. The van der Waals surface area contributed by atoms with Crippen molar-refractivity contribution in [2.24, 2.45) is 0 Å². The molecule has 2 amide bonds. The number of carbonyl (C=O) groups is 2. The zero-order valence-corrected chi connectivity index (χ0v) is 18.6. The van der Waals surface area contributed by atoms with Crippen molar-refractivity contribution < 1.29 is 14.3 Å². The molecule has 33 heavy (non-hydrogen) atoms. The largest absolute Gasteiger partial charge is 0.488 e. The predicted octanol–water partition coefficient (Wildman–Crippen LogP) is 6.66. The number of ether oxygens (including phenoxy) is 1. The van der Waals surface area contributed by atoms with E-state index in [1.54, 1.807) is 6.08 Å². The van der Waals surface area contributed by atoms with E-state index in [2.05, 4.69) is 0 Å². The van der Waals surface area contributed by atoms with Crippen LogP contribution in [0.25, 0.3) is 16.8 Å². The molecule has 0 bridgehead atoms. The van der Waals surface area contributed by atoms with Crippen LogP contribution in [0.3, 0.4) is 0 Å². The van der Waals surface area contributed by atoms with Gasteiger partial charge in [-0.1, -0.05) is 91.0 Å². The van der Waals surface area contributed by atoms with Gasteiger partial charge in [-0.15, -0.1) is 0 Å². The molecule has 162 valence electrons. The molecule has 1 saturated heterocycles. The Morgan fingerprint density at radius 2 is 1.52 bits per heavy atom. The molecule has 4 nitrogen and oxygen atoms in total. The van der Waals surface area contributed by atoms with Crippen LogP contribution in [-0.4, -0.2) is 16.0 Å². The SMILES string of the molecule is O=C1S/C(=C\c2ccccc2OCc2ccccc2)C(=O)N1Cc1cccc2ccccc12. The summed E-state index contributed by atoms with van der Waals surface area (Å²) in [5, 5.41) is 1.87. The highest BCUT2D eigenvalue weighted by Gasteiger charge is 2.35. The Bertz CT molecular complexity index is 1360. The van der Waals surface area contributed by atoms with Crippen molar-refractivity contribution in [1.82, 2.24) is 4.90 Å². The number of nitrogens with zero attached hydrogens (tertiary/aromatic N) is 1. The number of fused-ring (bicyclic) bond motifs is 1. The molecule has 1 aliphatic heterocycles. The van der Waals surface area contributed by atoms with Gasteiger partial charge in [-0.3, -0.25) is 14.5 Å². The van der Waals surface area contributed by atoms with E-state index >= 15 is 0 Å². The fraction of sp³-hybridized carbons (Fsp3) is 0.0714. The molecule has 0 unspecified atom stereocenters. The minimum absolute atomic E-state index is 0.246. The Balaban J connectivity index is 1.37. The molecule has 0 aliphatic carbocycles. The first-order valence-corrected chi connectivity index (χ1v) is 11.5. The van der Waals surface area contributed by atoms with Gasteiger partial charge < -0.3 is 4.74 Å². The Morgan fingerprint density at radius 3 is 2.39 bits per heavy atom. The summed E-state index contributed by atoms with van der Waals surface area (Å²) in [5.41, 5.74) is 2.77. The fourth-order valence-electron chi connectivity index (χ4n) is 3.84. The number of rotatable bonds is 6. The first-order chi connectivity index (χ1) is 16.2. The lowest BCUT2D eigenvalue weighted by Crippen LogP contribution is -2.27. The van der Waals surface area contributed by atoms with Crippen LogP contribution in [0.4, 0.5) is 4.79 Å². The fourth-order valence-corrected chi connectivity index (χ4v) is 4.67. The van der Waals surface area contributed by atoms with E-state index in [0.29, 0.717) is 17.3 Å². The van der Waals surface area contributed by atoms with Gasteiger partial charge in [-0.2, -0.15) is 0 Å². The maximum absolute atomic E-state index is 13.1. The Hall–Kier alpha value is -3.83. The summed E-state index contributed by atoms with van der Waals surface area (Å²) in [6.45, 7) is 0.670. The van der Waals surface area contributed by atoms with E-state index in [9.17, 15) is 9.59 Å². The summed E-state index contributed by atoms with van der Waals surface area (Å²) < 4.78 is 6.00. The maximum atomic E-state index is 13.1. The number of para-hydroxylation sites is 1. The van der Waals surface area contributed by atoms with E-state index in [4.69, 9.17) is 4.74 Å². The summed E-state index contributed by atoms with van der Waals surface area (Å²) in [4.78, 5) is 27.6. The minimum atomic E-state index is -0.282. The molecule has 4 aromatic rings. The van der Waals surface area contributed by atoms with Crippen molar-refractivity contribution in [3.63, 3.8) is 0 Å². The second kappa shape index (κ2) is 9.35. The van der Waals surface area contributed by atoms with Crippen LogP contribution in [0.15, 0.2) is 102 Å². The van der Waals surface area contributed by atoms with Crippen molar-refractivity contribution in [1.29, 1.82) is 0 Å². The van der Waals surface area contributed by atoms with Crippen molar-refractivity contribution in [2.45, 2.75) is 13.2 Å². The monoisotopic (exact) mass is 451 g/mol. The molecule has 1 heterocycles. The average Bonchev–Trinajstić information content (AvgIpc) is 3.11. The van der Waals surface area contributed by atoms with Crippen molar-refractivity contribution in [2.75, 3.05) is 0 Å². The van der Waals surface area contributed by atoms with E-state index in [1.807, 2.05) is 97.1 Å². The van der Waals surface area contributed by atoms with Crippen molar-refractivity contribution in [3.05, 3.63) is 119 Å². The summed E-state index contributed by atoms with van der Waals surface area (Å²) in [7, 11) is 0. The van der Waals surface area contributed by atoms with Gasteiger partial charge in [0, 0.05) is 5.56 Å². The standard InChI is InChI=1S/C28H21NO3S/c30-27-26(17-22-12-5-7-16-25(22)32-19-20-9-2-1-3-10-20)33-28(31)29(27)18-23-14-8-13-21-11-4-6-15-24(21)23/h1-17H,18-19H2/b26-17-. The highest BCUT2D eigenvalue weighted by molar-refractivity contribution is 8.18. The third-order valence-corrected chi connectivity index (χ3v) is 6.43. The first-order valence-electron chi connectivity index (χ1n) is 10.7. The summed E-state index contributed by atoms with van der Waals surface area (Å²) >= 11 is 0.967. The van der Waals surface area contributed by atoms with Crippen molar-refractivity contribution >= 4 is 39.8 Å². The van der Waals surface area contributed by atoms with Crippen LogP contribution in [0.2, 0.25) is 0 Å². The Kier molecular flexibility index (Phi) is 5.96. The number of hydrogen-bond acceptors (Lipinski definition) is 4. The van der Waals surface area contributed by atoms with Crippen LogP contribution in [-0.2, 0) is 17.9 Å². The molecule has 5 heteroatoms. The molecule has 1 fully saturated rings. The Morgan fingerprint density at radius 1 is 0.788 bits per heavy atom. The van der Waals surface area contributed by atoms with Gasteiger partial charge in [0.15, 0.2) is 0 Å². The third kappa shape index (κ3) is 4.54. The highest BCUT2D eigenvalue weighted by Crippen LogP contribution is 2.35. The van der Waals surface area contributed by atoms with Gasteiger partial charge in [0.05, 0.1) is 11.4 Å². The topological polar surface area (TPSA) is 46.6 Å². The smallest absolute Gasteiger partial charge is 0.293 e. The van der Waals surface area contributed by atoms with Crippen molar-refractivity contribution in [3.8, 4) is 5.75 Å². The van der Waals surface area contributed by atoms with Crippen LogP contribution in [0.1, 0.15) is 16.7 Å². The average molecular weight is 452 g/mol. The van der Waals surface area contributed by atoms with E-state index in [0.717, 1.165) is 39.2 Å². The molecule has 0 radical (unpaired) electrons. The lowest BCUT2D eigenvalue weighted by atomic mass is 10.0. The summed E-state index contributed by atoms with van der Waals surface area (Å²) in [5.74, 6) is 0.387. The zero-order valence-electron chi connectivity index (χ0n) is 17.8. The number of benzene rings is 4. The quantitative estimate of drug-likeness (QED) is 0.308. The molecule has 0 atom stereocenters. The van der Waals surface area contributed by atoms with Gasteiger partial charge in [0.25, 0.3) is 11.1 Å². The third-order valence-electron chi connectivity index (χ3n) is 5.52. The number of imide groups is 1. The highest BCUT2D eigenvalue weighted by atomic mass is 32.2. The lowest BCUT2D eigenvalue weighted by Gasteiger charge is -2.14.